The molecule has 1 amide bonds. The van der Waals surface area contributed by atoms with Crippen LogP contribution in [-0.4, -0.2) is 21.1 Å². The van der Waals surface area contributed by atoms with Gasteiger partial charge in [0.05, 0.1) is 5.25 Å². The van der Waals surface area contributed by atoms with Crippen LogP contribution in [-0.2, 0) is 11.2 Å². The molecule has 1 heterocycles. The number of hydrogen-bond acceptors (Lipinski definition) is 4. The molecular weight excluding hydrogens is 358 g/mol. The number of nitrogens with zero attached hydrogens (tertiary/aromatic N) is 1. The first-order chi connectivity index (χ1) is 12.0. The van der Waals surface area contributed by atoms with E-state index in [9.17, 15) is 9.59 Å². The average Bonchev–Trinajstić information content (AvgIpc) is 2.59. The quantitative estimate of drug-likeness (QED) is 0.530. The van der Waals surface area contributed by atoms with Crippen LogP contribution in [0.4, 0.5) is 5.69 Å². The molecule has 2 aromatic rings. The van der Waals surface area contributed by atoms with Crippen LogP contribution < -0.4 is 10.9 Å². The Morgan fingerprint density at radius 3 is 2.68 bits per heavy atom. The van der Waals surface area contributed by atoms with Gasteiger partial charge in [-0.05, 0) is 43.5 Å². The molecule has 1 aromatic carbocycles. The number of thioether (sulfide) groups is 1. The zero-order chi connectivity index (χ0) is 18.2. The summed E-state index contributed by atoms with van der Waals surface area (Å²) in [4.78, 5) is 31.5. The van der Waals surface area contributed by atoms with E-state index in [4.69, 9.17) is 11.6 Å². The second-order valence-corrected chi connectivity index (χ2v) is 7.28. The summed E-state index contributed by atoms with van der Waals surface area (Å²) < 4.78 is 0. The van der Waals surface area contributed by atoms with Gasteiger partial charge in [-0.25, -0.2) is 4.98 Å². The summed E-state index contributed by atoms with van der Waals surface area (Å²) >= 11 is 7.13. The van der Waals surface area contributed by atoms with Crippen molar-refractivity contribution in [3.8, 4) is 0 Å². The lowest BCUT2D eigenvalue weighted by atomic mass is 10.2. The monoisotopic (exact) mass is 379 g/mol. The second kappa shape index (κ2) is 9.63. The maximum Gasteiger partial charge on any atom is 0.251 e. The fourth-order valence-electron chi connectivity index (χ4n) is 2.24. The normalized spacial score (nSPS) is 12.0. The maximum atomic E-state index is 12.5. The molecule has 1 atom stereocenters. The van der Waals surface area contributed by atoms with E-state index in [1.165, 1.54) is 17.8 Å². The minimum atomic E-state index is -0.347. The van der Waals surface area contributed by atoms with Crippen molar-refractivity contribution in [2.45, 2.75) is 49.9 Å². The van der Waals surface area contributed by atoms with Crippen LogP contribution in [0, 0.1) is 0 Å². The van der Waals surface area contributed by atoms with E-state index in [1.807, 2.05) is 6.92 Å². The van der Waals surface area contributed by atoms with Crippen LogP contribution in [0.2, 0.25) is 5.02 Å². The number of halogens is 1. The molecule has 1 aromatic heterocycles. The molecule has 0 aliphatic carbocycles. The van der Waals surface area contributed by atoms with Crippen molar-refractivity contribution >= 4 is 35.0 Å². The molecule has 0 fully saturated rings. The third kappa shape index (κ3) is 6.21. The maximum absolute atomic E-state index is 12.5. The first-order valence-corrected chi connectivity index (χ1v) is 9.61. The first kappa shape index (κ1) is 19.5. The van der Waals surface area contributed by atoms with E-state index in [0.717, 1.165) is 25.0 Å². The lowest BCUT2D eigenvalue weighted by Gasteiger charge is -2.14. The van der Waals surface area contributed by atoms with Crippen molar-refractivity contribution in [2.75, 3.05) is 5.32 Å². The van der Waals surface area contributed by atoms with E-state index >= 15 is 0 Å². The highest BCUT2D eigenvalue weighted by Crippen LogP contribution is 2.23. The second-order valence-electron chi connectivity index (χ2n) is 5.66. The van der Waals surface area contributed by atoms with Crippen LogP contribution in [0.3, 0.4) is 0 Å². The number of anilines is 1. The Kier molecular flexibility index (Phi) is 7.52. The smallest absolute Gasteiger partial charge is 0.251 e. The zero-order valence-electron chi connectivity index (χ0n) is 14.3. The zero-order valence-corrected chi connectivity index (χ0v) is 15.9. The molecule has 5 nitrogen and oxygen atoms in total. The van der Waals surface area contributed by atoms with Crippen LogP contribution in [0.25, 0.3) is 0 Å². The third-order valence-electron chi connectivity index (χ3n) is 3.59. The van der Waals surface area contributed by atoms with E-state index in [0.29, 0.717) is 22.3 Å². The van der Waals surface area contributed by atoms with Gasteiger partial charge in [0, 0.05) is 22.5 Å². The molecule has 1 unspecified atom stereocenters. The van der Waals surface area contributed by atoms with Crippen molar-refractivity contribution in [1.82, 2.24) is 9.97 Å². The molecule has 0 spiro atoms. The van der Waals surface area contributed by atoms with Gasteiger partial charge in [0.15, 0.2) is 5.16 Å². The topological polar surface area (TPSA) is 74.8 Å². The number of rotatable bonds is 8. The minimum absolute atomic E-state index is 0.128. The summed E-state index contributed by atoms with van der Waals surface area (Å²) in [6, 6.07) is 8.48. The predicted molar refractivity (Wildman–Crippen MR) is 103 cm³/mol. The van der Waals surface area contributed by atoms with Gasteiger partial charge in [0.25, 0.3) is 5.56 Å². The van der Waals surface area contributed by atoms with Crippen LogP contribution >= 0.6 is 23.4 Å². The van der Waals surface area contributed by atoms with Crippen molar-refractivity contribution in [3.63, 3.8) is 0 Å². The van der Waals surface area contributed by atoms with Crippen molar-refractivity contribution in [3.05, 3.63) is 51.4 Å². The van der Waals surface area contributed by atoms with Crippen LogP contribution in [0.15, 0.2) is 40.3 Å². The minimum Gasteiger partial charge on any atom is -0.325 e. The lowest BCUT2D eigenvalue weighted by molar-refractivity contribution is -0.115. The summed E-state index contributed by atoms with van der Waals surface area (Å²) in [5.41, 5.74) is 1.27. The Morgan fingerprint density at radius 1 is 1.32 bits per heavy atom. The number of H-pyrrole nitrogens is 1. The molecule has 0 bridgehead atoms. The standard InChI is InChI=1S/C18H22ClN3O2S/c1-3-5-6-14-11-16(23)22-18(21-14)25-15(4-2)17(24)20-13-9-7-12(19)8-10-13/h7-11,15H,3-6H2,1-2H3,(H,20,24)(H,21,22,23). The number of aryl methyl sites for hydroxylation is 1. The van der Waals surface area contributed by atoms with Gasteiger partial charge in [-0.3, -0.25) is 9.59 Å². The number of benzene rings is 1. The number of nitrogens with one attached hydrogen (secondary N) is 2. The number of amides is 1. The first-order valence-electron chi connectivity index (χ1n) is 8.35. The fourth-order valence-corrected chi connectivity index (χ4v) is 3.30. The van der Waals surface area contributed by atoms with Gasteiger partial charge < -0.3 is 10.3 Å². The molecule has 7 heteroatoms. The van der Waals surface area contributed by atoms with Crippen molar-refractivity contribution < 1.29 is 4.79 Å². The Hall–Kier alpha value is -1.79. The molecule has 0 saturated carbocycles. The SMILES string of the molecule is CCCCc1cc(=O)[nH]c(SC(CC)C(=O)Nc2ccc(Cl)cc2)n1. The lowest BCUT2D eigenvalue weighted by Crippen LogP contribution is -2.25. The summed E-state index contributed by atoms with van der Waals surface area (Å²) in [5, 5.41) is 3.62. The molecule has 0 radical (unpaired) electrons. The van der Waals surface area contributed by atoms with Gasteiger partial charge in [0.1, 0.15) is 0 Å². The van der Waals surface area contributed by atoms with E-state index in [-0.39, 0.29) is 16.7 Å². The number of carbonyl (C=O) groups is 1. The molecule has 0 saturated heterocycles. The van der Waals surface area contributed by atoms with E-state index in [2.05, 4.69) is 22.2 Å². The average molecular weight is 380 g/mol. The molecule has 25 heavy (non-hydrogen) atoms. The van der Waals surface area contributed by atoms with Gasteiger partial charge in [-0.1, -0.05) is 43.6 Å². The molecule has 0 aliphatic rings. The van der Waals surface area contributed by atoms with Crippen LogP contribution in [0.1, 0.15) is 38.8 Å². The van der Waals surface area contributed by atoms with Gasteiger partial charge >= 0.3 is 0 Å². The number of carbonyl (C=O) groups excluding carboxylic acids is 1. The fraction of sp³-hybridized carbons (Fsp3) is 0.389. The Morgan fingerprint density at radius 2 is 2.04 bits per heavy atom. The Labute approximate surface area is 156 Å². The molecule has 2 N–H and O–H groups in total. The molecule has 0 aliphatic heterocycles. The number of unbranched alkanes of at least 4 members (excludes halogenated alkanes) is 1. The highest BCUT2D eigenvalue weighted by Gasteiger charge is 2.19. The largest absolute Gasteiger partial charge is 0.325 e. The summed E-state index contributed by atoms with van der Waals surface area (Å²) in [5.74, 6) is -0.128. The highest BCUT2D eigenvalue weighted by atomic mass is 35.5. The van der Waals surface area contributed by atoms with Gasteiger partial charge in [0.2, 0.25) is 5.91 Å². The summed E-state index contributed by atoms with van der Waals surface area (Å²) in [7, 11) is 0. The number of aromatic nitrogens is 2. The van der Waals surface area contributed by atoms with Crippen molar-refractivity contribution in [2.24, 2.45) is 0 Å². The highest BCUT2D eigenvalue weighted by molar-refractivity contribution is 8.00. The third-order valence-corrected chi connectivity index (χ3v) is 5.09. The van der Waals surface area contributed by atoms with Crippen molar-refractivity contribution in [1.29, 1.82) is 0 Å². The van der Waals surface area contributed by atoms with Gasteiger partial charge in [-0.15, -0.1) is 0 Å². The van der Waals surface area contributed by atoms with Crippen LogP contribution in [0.5, 0.6) is 0 Å². The van der Waals surface area contributed by atoms with E-state index in [1.54, 1.807) is 24.3 Å². The molecule has 134 valence electrons. The number of aromatic amines is 1. The Bertz CT molecular complexity index is 762. The van der Waals surface area contributed by atoms with Gasteiger partial charge in [-0.2, -0.15) is 0 Å². The predicted octanol–water partition coefficient (Wildman–Crippen LogP) is 4.28. The summed E-state index contributed by atoms with van der Waals surface area (Å²) in [6.07, 6.45) is 3.40. The van der Waals surface area contributed by atoms with E-state index < -0.39 is 0 Å². The molecule has 2 rings (SSSR count). The Balaban J connectivity index is 2.07. The molecular formula is C18H22ClN3O2S. The number of hydrogen-bond donors (Lipinski definition) is 2. The summed E-state index contributed by atoms with van der Waals surface area (Å²) in [6.45, 7) is 4.02.